The van der Waals surface area contributed by atoms with Crippen molar-refractivity contribution in [3.8, 4) is 0 Å². The second-order valence-corrected chi connectivity index (χ2v) is 6.67. The summed E-state index contributed by atoms with van der Waals surface area (Å²) in [7, 11) is -3.28. The molecule has 2 N–H and O–H groups in total. The molecular formula is C10H20N2O3S. The Labute approximate surface area is 97.0 Å². The molecule has 1 saturated carbocycles. The van der Waals surface area contributed by atoms with Gasteiger partial charge in [-0.15, -0.1) is 0 Å². The summed E-state index contributed by atoms with van der Waals surface area (Å²) in [6.45, 7) is 3.27. The quantitative estimate of drug-likeness (QED) is 0.732. The van der Waals surface area contributed by atoms with Crippen LogP contribution in [0.3, 0.4) is 0 Å². The van der Waals surface area contributed by atoms with Crippen molar-refractivity contribution >= 4 is 10.2 Å². The molecular weight excluding hydrogens is 228 g/mol. The van der Waals surface area contributed by atoms with E-state index in [-0.39, 0.29) is 18.6 Å². The molecule has 1 aliphatic carbocycles. The molecule has 0 bridgehead atoms. The van der Waals surface area contributed by atoms with Crippen LogP contribution in [0.2, 0.25) is 0 Å². The summed E-state index contributed by atoms with van der Waals surface area (Å²) in [6.07, 6.45) is 2.47. The first kappa shape index (κ1) is 12.3. The van der Waals surface area contributed by atoms with Gasteiger partial charge in [-0.25, -0.2) is 0 Å². The number of piperidine rings is 1. The predicted octanol–water partition coefficient (Wildman–Crippen LogP) is -0.0665. The fourth-order valence-corrected chi connectivity index (χ4v) is 3.64. The maximum atomic E-state index is 11.9. The minimum Gasteiger partial charge on any atom is -0.396 e. The van der Waals surface area contributed by atoms with Gasteiger partial charge in [0, 0.05) is 25.7 Å². The fourth-order valence-electron chi connectivity index (χ4n) is 2.08. The number of hydrogen-bond acceptors (Lipinski definition) is 3. The lowest BCUT2D eigenvalue weighted by molar-refractivity contribution is 0.169. The van der Waals surface area contributed by atoms with Gasteiger partial charge in [-0.1, -0.05) is 6.92 Å². The van der Waals surface area contributed by atoms with Crippen LogP contribution in [0.1, 0.15) is 26.2 Å². The van der Waals surface area contributed by atoms with Crippen LogP contribution < -0.4 is 4.72 Å². The summed E-state index contributed by atoms with van der Waals surface area (Å²) < 4.78 is 28.1. The van der Waals surface area contributed by atoms with E-state index < -0.39 is 10.2 Å². The van der Waals surface area contributed by atoms with Crippen LogP contribution in [0.15, 0.2) is 0 Å². The molecule has 0 aromatic carbocycles. The average molecular weight is 248 g/mol. The van der Waals surface area contributed by atoms with E-state index in [4.69, 9.17) is 5.11 Å². The van der Waals surface area contributed by atoms with Crippen LogP contribution in [0, 0.1) is 11.8 Å². The van der Waals surface area contributed by atoms with E-state index in [1.54, 1.807) is 0 Å². The van der Waals surface area contributed by atoms with Gasteiger partial charge in [-0.3, -0.25) is 0 Å². The maximum Gasteiger partial charge on any atom is 0.279 e. The van der Waals surface area contributed by atoms with Gasteiger partial charge in [-0.05, 0) is 31.1 Å². The van der Waals surface area contributed by atoms with E-state index in [0.29, 0.717) is 19.0 Å². The molecule has 0 amide bonds. The molecule has 1 aliphatic heterocycles. The second-order valence-electron chi connectivity index (χ2n) is 4.97. The molecule has 1 saturated heterocycles. The normalized spacial score (nSPS) is 32.9. The van der Waals surface area contributed by atoms with Crippen molar-refractivity contribution < 1.29 is 13.5 Å². The van der Waals surface area contributed by atoms with Crippen LogP contribution >= 0.6 is 0 Å². The zero-order valence-corrected chi connectivity index (χ0v) is 10.4. The lowest BCUT2D eigenvalue weighted by atomic mass is 10.00. The minimum atomic E-state index is -3.28. The second kappa shape index (κ2) is 4.60. The molecule has 2 rings (SSSR count). The van der Waals surface area contributed by atoms with Crippen LogP contribution in [-0.2, 0) is 10.2 Å². The van der Waals surface area contributed by atoms with Crippen molar-refractivity contribution in [2.45, 2.75) is 32.2 Å². The monoisotopic (exact) mass is 248 g/mol. The lowest BCUT2D eigenvalue weighted by Gasteiger charge is -2.30. The van der Waals surface area contributed by atoms with Crippen LogP contribution in [0.25, 0.3) is 0 Å². The summed E-state index contributed by atoms with van der Waals surface area (Å²) in [5.41, 5.74) is 0. The molecule has 0 radical (unpaired) electrons. The topological polar surface area (TPSA) is 69.6 Å². The van der Waals surface area contributed by atoms with Gasteiger partial charge in [0.25, 0.3) is 10.2 Å². The van der Waals surface area contributed by atoms with Crippen molar-refractivity contribution in [1.82, 2.24) is 9.03 Å². The molecule has 0 aromatic rings. The summed E-state index contributed by atoms with van der Waals surface area (Å²) in [4.78, 5) is 0. The smallest absolute Gasteiger partial charge is 0.279 e. The minimum absolute atomic E-state index is 0.139. The summed E-state index contributed by atoms with van der Waals surface area (Å²) >= 11 is 0. The Morgan fingerprint density at radius 3 is 2.38 bits per heavy atom. The molecule has 2 atom stereocenters. The molecule has 94 valence electrons. The SMILES string of the molecule is CC1CC1NS(=O)(=O)N1CCC(CO)CC1. The molecule has 6 heteroatoms. The van der Waals surface area contributed by atoms with E-state index >= 15 is 0 Å². The van der Waals surface area contributed by atoms with Crippen molar-refractivity contribution in [1.29, 1.82) is 0 Å². The highest BCUT2D eigenvalue weighted by Crippen LogP contribution is 2.30. The summed E-state index contributed by atoms with van der Waals surface area (Å²) in [5, 5.41) is 8.99. The number of nitrogens with one attached hydrogen (secondary N) is 1. The Morgan fingerprint density at radius 2 is 1.94 bits per heavy atom. The Kier molecular flexibility index (Phi) is 3.53. The first-order chi connectivity index (χ1) is 7.53. The Bertz CT molecular complexity index is 336. The van der Waals surface area contributed by atoms with Crippen LogP contribution in [-0.4, -0.2) is 43.6 Å². The van der Waals surface area contributed by atoms with Crippen molar-refractivity contribution in [2.75, 3.05) is 19.7 Å². The fraction of sp³-hybridized carbons (Fsp3) is 1.00. The van der Waals surface area contributed by atoms with E-state index in [2.05, 4.69) is 4.72 Å². The van der Waals surface area contributed by atoms with Gasteiger partial charge in [0.2, 0.25) is 0 Å². The van der Waals surface area contributed by atoms with Crippen molar-refractivity contribution in [2.24, 2.45) is 11.8 Å². The van der Waals surface area contributed by atoms with E-state index in [9.17, 15) is 8.42 Å². The lowest BCUT2D eigenvalue weighted by Crippen LogP contribution is -2.46. The molecule has 2 unspecified atom stereocenters. The predicted molar refractivity (Wildman–Crippen MR) is 61.0 cm³/mol. The molecule has 5 nitrogen and oxygen atoms in total. The van der Waals surface area contributed by atoms with Crippen LogP contribution in [0.4, 0.5) is 0 Å². The zero-order chi connectivity index (χ0) is 11.8. The standard InChI is InChI=1S/C10H20N2O3S/c1-8-6-10(8)11-16(14,15)12-4-2-9(7-13)3-5-12/h8-11,13H,2-7H2,1H3. The van der Waals surface area contributed by atoms with Crippen molar-refractivity contribution in [3.63, 3.8) is 0 Å². The molecule has 2 fully saturated rings. The highest BCUT2D eigenvalue weighted by atomic mass is 32.2. The number of rotatable bonds is 4. The molecule has 0 spiro atoms. The molecule has 0 aromatic heterocycles. The van der Waals surface area contributed by atoms with Crippen LogP contribution in [0.5, 0.6) is 0 Å². The zero-order valence-electron chi connectivity index (χ0n) is 9.59. The highest BCUT2D eigenvalue weighted by Gasteiger charge is 2.38. The van der Waals surface area contributed by atoms with Crippen molar-refractivity contribution in [3.05, 3.63) is 0 Å². The maximum absolute atomic E-state index is 11.9. The molecule has 2 aliphatic rings. The van der Waals surface area contributed by atoms with Gasteiger partial charge in [0.05, 0.1) is 0 Å². The summed E-state index contributed by atoms with van der Waals surface area (Å²) in [5.74, 6) is 0.746. The number of hydrogen-bond donors (Lipinski definition) is 2. The van der Waals surface area contributed by atoms with Gasteiger partial charge >= 0.3 is 0 Å². The van der Waals surface area contributed by atoms with E-state index in [0.717, 1.165) is 19.3 Å². The Hall–Kier alpha value is -0.170. The Balaban J connectivity index is 1.87. The Morgan fingerprint density at radius 1 is 1.38 bits per heavy atom. The first-order valence-electron chi connectivity index (χ1n) is 5.91. The summed E-state index contributed by atoms with van der Waals surface area (Å²) in [6, 6.07) is 0.139. The van der Waals surface area contributed by atoms with E-state index in [1.165, 1.54) is 4.31 Å². The third-order valence-electron chi connectivity index (χ3n) is 3.58. The first-order valence-corrected chi connectivity index (χ1v) is 7.35. The number of aliphatic hydroxyl groups is 1. The van der Waals surface area contributed by atoms with Gasteiger partial charge in [0.15, 0.2) is 0 Å². The number of aliphatic hydroxyl groups excluding tert-OH is 1. The largest absolute Gasteiger partial charge is 0.396 e. The van der Waals surface area contributed by atoms with Gasteiger partial charge < -0.3 is 5.11 Å². The van der Waals surface area contributed by atoms with E-state index in [1.807, 2.05) is 6.92 Å². The third kappa shape index (κ3) is 2.74. The van der Waals surface area contributed by atoms with Gasteiger partial charge in [0.1, 0.15) is 0 Å². The molecule has 1 heterocycles. The number of nitrogens with zero attached hydrogens (tertiary/aromatic N) is 1. The average Bonchev–Trinajstić information content (AvgIpc) is 2.93. The highest BCUT2D eigenvalue weighted by molar-refractivity contribution is 7.87. The molecule has 16 heavy (non-hydrogen) atoms. The van der Waals surface area contributed by atoms with Gasteiger partial charge in [-0.2, -0.15) is 17.4 Å². The third-order valence-corrected chi connectivity index (χ3v) is 5.23.